The lowest BCUT2D eigenvalue weighted by molar-refractivity contribution is -0.384. The average molecular weight is 456 g/mol. The number of methoxy groups -OCH3 is 1. The molecule has 0 aliphatic carbocycles. The lowest BCUT2D eigenvalue weighted by Crippen LogP contribution is -2.54. The lowest BCUT2D eigenvalue weighted by Gasteiger charge is -2.26. The zero-order valence-electron chi connectivity index (χ0n) is 16.5. The van der Waals surface area contributed by atoms with Gasteiger partial charge in [-0.2, -0.15) is 0 Å². The summed E-state index contributed by atoms with van der Waals surface area (Å²) in [7, 11) is 1.37. The number of nitro benzene ring substituents is 1. The fourth-order valence-corrected chi connectivity index (χ4v) is 3.13. The highest BCUT2D eigenvalue weighted by Crippen LogP contribution is 2.37. The van der Waals surface area contributed by atoms with E-state index in [2.05, 4.69) is 11.2 Å². The fraction of sp³-hybridized carbons (Fsp3) is 0.0952. The van der Waals surface area contributed by atoms with Crippen LogP contribution in [0.25, 0.3) is 6.08 Å². The van der Waals surface area contributed by atoms with Crippen LogP contribution < -0.4 is 19.7 Å². The summed E-state index contributed by atoms with van der Waals surface area (Å²) in [6, 6.07) is 6.62. The number of nitrogens with one attached hydrogen (secondary N) is 1. The number of hydrogen-bond donors (Lipinski definition) is 1. The number of benzene rings is 2. The third-order valence-electron chi connectivity index (χ3n) is 4.28. The molecule has 0 aromatic heterocycles. The summed E-state index contributed by atoms with van der Waals surface area (Å²) in [5, 5.41) is 13.0. The predicted octanol–water partition coefficient (Wildman–Crippen LogP) is 2.94. The van der Waals surface area contributed by atoms with Gasteiger partial charge in [-0.1, -0.05) is 17.5 Å². The van der Waals surface area contributed by atoms with E-state index in [0.29, 0.717) is 10.5 Å². The maximum atomic E-state index is 12.9. The van der Waals surface area contributed by atoms with Crippen molar-refractivity contribution in [3.8, 4) is 23.8 Å². The summed E-state index contributed by atoms with van der Waals surface area (Å²) in [4.78, 5) is 48.5. The molecular formula is C21H14ClN3O7. The highest BCUT2D eigenvalue weighted by molar-refractivity contribution is 6.39. The molecule has 10 nitrogen and oxygen atoms in total. The molecule has 3 rings (SSSR count). The molecular weight excluding hydrogens is 442 g/mol. The first-order valence-corrected chi connectivity index (χ1v) is 9.24. The number of urea groups is 1. The number of carbonyl (C=O) groups excluding carboxylic acids is 3. The molecule has 0 bridgehead atoms. The summed E-state index contributed by atoms with van der Waals surface area (Å²) in [5.74, 6) is 0.869. The molecule has 0 radical (unpaired) electrons. The van der Waals surface area contributed by atoms with Crippen LogP contribution >= 0.6 is 11.6 Å². The number of ether oxygens (including phenoxy) is 2. The number of nitro groups is 1. The van der Waals surface area contributed by atoms with Crippen LogP contribution in [-0.2, 0) is 9.59 Å². The number of amides is 4. The highest BCUT2D eigenvalue weighted by atomic mass is 35.5. The van der Waals surface area contributed by atoms with Crippen molar-refractivity contribution in [3.05, 3.63) is 62.7 Å². The molecule has 4 amide bonds. The minimum absolute atomic E-state index is 0.0464. The molecule has 0 spiro atoms. The van der Waals surface area contributed by atoms with Gasteiger partial charge in [-0.15, -0.1) is 6.42 Å². The first-order chi connectivity index (χ1) is 15.3. The molecule has 0 unspecified atom stereocenters. The zero-order valence-corrected chi connectivity index (χ0v) is 17.2. The van der Waals surface area contributed by atoms with Crippen LogP contribution in [-0.4, -0.2) is 36.5 Å². The van der Waals surface area contributed by atoms with E-state index < -0.39 is 22.8 Å². The Morgan fingerprint density at radius 3 is 2.53 bits per heavy atom. The minimum atomic E-state index is -0.986. The Morgan fingerprint density at radius 1 is 1.25 bits per heavy atom. The SMILES string of the molecule is C#CCOc1c(Cl)cc(/C=C2/C(=O)NC(=O)N(c3ccc([N+](=O)[O-])cc3)C2=O)cc1OC. The second-order valence-electron chi connectivity index (χ2n) is 6.26. The maximum absolute atomic E-state index is 12.9. The topological polar surface area (TPSA) is 128 Å². The summed E-state index contributed by atoms with van der Waals surface area (Å²) in [5.41, 5.74) is -0.223. The monoisotopic (exact) mass is 455 g/mol. The van der Waals surface area contributed by atoms with Gasteiger partial charge in [-0.25, -0.2) is 9.69 Å². The van der Waals surface area contributed by atoms with E-state index in [9.17, 15) is 24.5 Å². The van der Waals surface area contributed by atoms with E-state index >= 15 is 0 Å². The van der Waals surface area contributed by atoms with Crippen molar-refractivity contribution in [1.82, 2.24) is 5.32 Å². The van der Waals surface area contributed by atoms with Crippen molar-refractivity contribution in [2.75, 3.05) is 18.6 Å². The molecule has 1 N–H and O–H groups in total. The van der Waals surface area contributed by atoms with E-state index in [1.165, 1.54) is 37.5 Å². The van der Waals surface area contributed by atoms with Crippen LogP contribution in [0.2, 0.25) is 5.02 Å². The van der Waals surface area contributed by atoms with Gasteiger partial charge in [0.15, 0.2) is 11.5 Å². The Labute approximate surface area is 186 Å². The smallest absolute Gasteiger partial charge is 0.335 e. The largest absolute Gasteiger partial charge is 0.493 e. The molecule has 162 valence electrons. The molecule has 0 saturated carbocycles. The van der Waals surface area contributed by atoms with Gasteiger partial charge in [0.05, 0.1) is 22.7 Å². The summed E-state index contributed by atoms with van der Waals surface area (Å²) >= 11 is 6.22. The molecule has 32 heavy (non-hydrogen) atoms. The van der Waals surface area contributed by atoms with Gasteiger partial charge < -0.3 is 9.47 Å². The second-order valence-corrected chi connectivity index (χ2v) is 6.67. The van der Waals surface area contributed by atoms with E-state index in [-0.39, 0.29) is 40.1 Å². The molecule has 1 saturated heterocycles. The molecule has 1 heterocycles. The Balaban J connectivity index is 2.00. The van der Waals surface area contributed by atoms with Crippen molar-refractivity contribution in [3.63, 3.8) is 0 Å². The highest BCUT2D eigenvalue weighted by Gasteiger charge is 2.37. The number of rotatable bonds is 6. The van der Waals surface area contributed by atoms with Gasteiger partial charge in [0.25, 0.3) is 17.5 Å². The number of halogens is 1. The quantitative estimate of drug-likeness (QED) is 0.233. The molecule has 11 heteroatoms. The maximum Gasteiger partial charge on any atom is 0.335 e. The van der Waals surface area contributed by atoms with E-state index in [1.54, 1.807) is 0 Å². The lowest BCUT2D eigenvalue weighted by atomic mass is 10.1. The molecule has 2 aromatic rings. The van der Waals surface area contributed by atoms with Gasteiger partial charge in [0.2, 0.25) is 0 Å². The van der Waals surface area contributed by atoms with E-state index in [4.69, 9.17) is 27.5 Å². The van der Waals surface area contributed by atoms with Crippen LogP contribution in [0.4, 0.5) is 16.2 Å². The van der Waals surface area contributed by atoms with Gasteiger partial charge in [0.1, 0.15) is 12.2 Å². The number of anilines is 1. The van der Waals surface area contributed by atoms with Crippen LogP contribution in [0, 0.1) is 22.5 Å². The van der Waals surface area contributed by atoms with Crippen LogP contribution in [0.1, 0.15) is 5.56 Å². The van der Waals surface area contributed by atoms with Gasteiger partial charge in [-0.3, -0.25) is 25.0 Å². The van der Waals surface area contributed by atoms with Crippen LogP contribution in [0.3, 0.4) is 0 Å². The molecule has 2 aromatic carbocycles. The van der Waals surface area contributed by atoms with Crippen molar-refractivity contribution in [2.24, 2.45) is 0 Å². The van der Waals surface area contributed by atoms with Crippen LogP contribution in [0.15, 0.2) is 42.0 Å². The molecule has 1 fully saturated rings. The van der Waals surface area contributed by atoms with Crippen molar-refractivity contribution >= 4 is 46.9 Å². The summed E-state index contributed by atoms with van der Waals surface area (Å²) in [6.45, 7) is -0.0519. The Hall–Kier alpha value is -4.36. The normalized spacial score (nSPS) is 14.7. The third kappa shape index (κ3) is 4.38. The van der Waals surface area contributed by atoms with Crippen molar-refractivity contribution < 1.29 is 28.8 Å². The standard InChI is InChI=1S/C21H14ClN3O7/c1-3-8-32-18-16(22)10-12(11-17(18)31-2)9-15-19(26)23-21(28)24(20(15)27)13-4-6-14(7-5-13)25(29)30/h1,4-7,9-11H,8H2,2H3,(H,23,26,28)/b15-9-. The van der Waals surface area contributed by atoms with Crippen molar-refractivity contribution in [1.29, 1.82) is 0 Å². The van der Waals surface area contributed by atoms with Gasteiger partial charge in [0, 0.05) is 12.1 Å². The summed E-state index contributed by atoms with van der Waals surface area (Å²) in [6.07, 6.45) is 6.41. The van der Waals surface area contributed by atoms with E-state index in [1.807, 2.05) is 0 Å². The average Bonchev–Trinajstić information content (AvgIpc) is 2.75. The molecule has 0 atom stereocenters. The minimum Gasteiger partial charge on any atom is -0.493 e. The molecule has 1 aliphatic heterocycles. The number of terminal acetylenes is 1. The van der Waals surface area contributed by atoms with E-state index in [0.717, 1.165) is 12.1 Å². The number of non-ortho nitro benzene ring substituents is 1. The van der Waals surface area contributed by atoms with Crippen LogP contribution in [0.5, 0.6) is 11.5 Å². The first kappa shape index (κ1) is 22.3. The van der Waals surface area contributed by atoms with Crippen molar-refractivity contribution in [2.45, 2.75) is 0 Å². The molecule has 1 aliphatic rings. The Morgan fingerprint density at radius 2 is 1.94 bits per heavy atom. The number of imide groups is 2. The summed E-state index contributed by atoms with van der Waals surface area (Å²) < 4.78 is 10.6. The number of carbonyl (C=O) groups is 3. The second kappa shape index (κ2) is 9.20. The predicted molar refractivity (Wildman–Crippen MR) is 114 cm³/mol. The zero-order chi connectivity index (χ0) is 23.4. The third-order valence-corrected chi connectivity index (χ3v) is 4.56. The Bertz CT molecular complexity index is 1200. The number of barbiturate groups is 1. The van der Waals surface area contributed by atoms with Gasteiger partial charge in [-0.05, 0) is 35.9 Å². The number of nitrogens with zero attached hydrogens (tertiary/aromatic N) is 2. The Kier molecular flexibility index (Phi) is 6.42. The fourth-order valence-electron chi connectivity index (χ4n) is 2.86. The van der Waals surface area contributed by atoms with Gasteiger partial charge >= 0.3 is 6.03 Å². The first-order valence-electron chi connectivity index (χ1n) is 8.86. The number of hydrogen-bond acceptors (Lipinski definition) is 7.